The maximum absolute atomic E-state index is 11.4. The van der Waals surface area contributed by atoms with Crippen LogP contribution in [0.2, 0.25) is 0 Å². The summed E-state index contributed by atoms with van der Waals surface area (Å²) in [6, 6.07) is 9.44. The number of carbonyl (C=O) groups excluding carboxylic acids is 1. The molecule has 0 radical (unpaired) electrons. The van der Waals surface area contributed by atoms with Gasteiger partial charge < -0.3 is 0 Å². The first-order valence-corrected chi connectivity index (χ1v) is 5.17. The van der Waals surface area contributed by atoms with Crippen molar-refractivity contribution in [1.82, 2.24) is 0 Å². The summed E-state index contributed by atoms with van der Waals surface area (Å²) >= 11 is 0. The summed E-state index contributed by atoms with van der Waals surface area (Å²) in [5, 5.41) is 9.06. The molecular weight excluding hydrogens is 192 g/mol. The predicted molar refractivity (Wildman–Crippen MR) is 55.3 cm³/mol. The van der Waals surface area contributed by atoms with Crippen LogP contribution < -0.4 is 0 Å². The molecule has 2 rings (SSSR count). The molecule has 0 saturated heterocycles. The zero-order valence-electron chi connectivity index (χ0n) is 8.48. The summed E-state index contributed by atoms with van der Waals surface area (Å²) < 4.78 is 0. The number of hydrogen-bond donors (Lipinski definition) is 1. The van der Waals surface area contributed by atoms with Crippen molar-refractivity contribution in [1.29, 1.82) is 0 Å². The van der Waals surface area contributed by atoms with Gasteiger partial charge in [-0.2, -0.15) is 0 Å². The standard InChI is InChI=1S/C12H14O3/c13-11-7-4-8-12(9-11,15-14)10-5-2-1-3-6-10/h1-3,5-6,14H,4,7-9H2. The molecule has 1 aliphatic carbocycles. The molecule has 1 fully saturated rings. The lowest BCUT2D eigenvalue weighted by Gasteiger charge is -2.33. The first-order chi connectivity index (χ1) is 7.27. The van der Waals surface area contributed by atoms with Gasteiger partial charge in [-0.05, 0) is 18.4 Å². The van der Waals surface area contributed by atoms with Crippen molar-refractivity contribution < 1.29 is 14.9 Å². The summed E-state index contributed by atoms with van der Waals surface area (Å²) in [6.45, 7) is 0. The van der Waals surface area contributed by atoms with E-state index >= 15 is 0 Å². The Morgan fingerprint density at radius 2 is 2.00 bits per heavy atom. The minimum atomic E-state index is -0.809. The fourth-order valence-corrected chi connectivity index (χ4v) is 2.19. The van der Waals surface area contributed by atoms with Gasteiger partial charge in [0.05, 0.1) is 0 Å². The third-order valence-electron chi connectivity index (χ3n) is 2.99. The third kappa shape index (κ3) is 1.94. The molecule has 0 aliphatic heterocycles. The van der Waals surface area contributed by atoms with E-state index in [1.165, 1.54) is 0 Å². The molecule has 1 N–H and O–H groups in total. The van der Waals surface area contributed by atoms with Gasteiger partial charge in [0.1, 0.15) is 11.4 Å². The van der Waals surface area contributed by atoms with Crippen LogP contribution in [-0.4, -0.2) is 11.0 Å². The Kier molecular flexibility index (Phi) is 2.84. The molecule has 1 aliphatic rings. The second-order valence-corrected chi connectivity index (χ2v) is 4.02. The van der Waals surface area contributed by atoms with E-state index in [-0.39, 0.29) is 12.2 Å². The molecule has 0 aromatic heterocycles. The molecule has 0 spiro atoms. The molecule has 1 aromatic carbocycles. The number of hydrogen-bond acceptors (Lipinski definition) is 3. The normalized spacial score (nSPS) is 26.6. The molecule has 3 heteroatoms. The van der Waals surface area contributed by atoms with Crippen LogP contribution in [0.5, 0.6) is 0 Å². The molecule has 1 saturated carbocycles. The highest BCUT2D eigenvalue weighted by Gasteiger charge is 2.38. The minimum Gasteiger partial charge on any atom is -0.300 e. The van der Waals surface area contributed by atoms with Gasteiger partial charge in [-0.3, -0.25) is 10.1 Å². The van der Waals surface area contributed by atoms with Gasteiger partial charge in [-0.25, -0.2) is 4.89 Å². The molecule has 1 atom stereocenters. The minimum absolute atomic E-state index is 0.152. The fourth-order valence-electron chi connectivity index (χ4n) is 2.19. The summed E-state index contributed by atoms with van der Waals surface area (Å²) in [6.07, 6.45) is 2.33. The van der Waals surface area contributed by atoms with Gasteiger partial charge in [-0.15, -0.1) is 0 Å². The van der Waals surface area contributed by atoms with E-state index < -0.39 is 5.60 Å². The maximum Gasteiger partial charge on any atom is 0.136 e. The molecule has 3 nitrogen and oxygen atoms in total. The Balaban J connectivity index is 2.32. The topological polar surface area (TPSA) is 46.5 Å². The van der Waals surface area contributed by atoms with Crippen molar-refractivity contribution in [2.75, 3.05) is 0 Å². The molecule has 15 heavy (non-hydrogen) atoms. The average molecular weight is 206 g/mol. The fraction of sp³-hybridized carbons (Fsp3) is 0.417. The number of benzene rings is 1. The van der Waals surface area contributed by atoms with Crippen molar-refractivity contribution in [3.63, 3.8) is 0 Å². The Bertz CT molecular complexity index is 347. The van der Waals surface area contributed by atoms with Crippen molar-refractivity contribution in [3.05, 3.63) is 35.9 Å². The van der Waals surface area contributed by atoms with Gasteiger partial charge in [-0.1, -0.05) is 30.3 Å². The van der Waals surface area contributed by atoms with Crippen LogP contribution in [0.3, 0.4) is 0 Å². The van der Waals surface area contributed by atoms with E-state index in [4.69, 9.17) is 5.26 Å². The third-order valence-corrected chi connectivity index (χ3v) is 2.99. The summed E-state index contributed by atoms with van der Waals surface area (Å²) in [5.41, 5.74) is 0.0666. The molecule has 0 heterocycles. The van der Waals surface area contributed by atoms with Gasteiger partial charge in [0.15, 0.2) is 0 Å². The largest absolute Gasteiger partial charge is 0.300 e. The van der Waals surface area contributed by atoms with E-state index in [1.54, 1.807) is 0 Å². The van der Waals surface area contributed by atoms with Crippen LogP contribution >= 0.6 is 0 Å². The zero-order valence-corrected chi connectivity index (χ0v) is 8.48. The number of ketones is 1. The smallest absolute Gasteiger partial charge is 0.136 e. The van der Waals surface area contributed by atoms with E-state index in [0.29, 0.717) is 12.8 Å². The molecule has 0 amide bonds. The zero-order chi connectivity index (χ0) is 10.7. The second kappa shape index (κ2) is 4.13. The van der Waals surface area contributed by atoms with Crippen molar-refractivity contribution in [2.24, 2.45) is 0 Å². The summed E-state index contributed by atoms with van der Waals surface area (Å²) in [7, 11) is 0. The first-order valence-electron chi connectivity index (χ1n) is 5.17. The van der Waals surface area contributed by atoms with E-state index in [0.717, 1.165) is 12.0 Å². The Morgan fingerprint density at radius 3 is 2.60 bits per heavy atom. The number of rotatable bonds is 2. The molecule has 0 bridgehead atoms. The predicted octanol–water partition coefficient (Wildman–Crippen LogP) is 2.51. The number of carbonyl (C=O) groups is 1. The summed E-state index contributed by atoms with van der Waals surface area (Å²) in [5.74, 6) is 0.152. The SMILES string of the molecule is O=C1CCCC(OO)(c2ccccc2)C1. The molecule has 1 unspecified atom stereocenters. The van der Waals surface area contributed by atoms with Gasteiger partial charge >= 0.3 is 0 Å². The Hall–Kier alpha value is -1.19. The van der Waals surface area contributed by atoms with Crippen LogP contribution in [0.4, 0.5) is 0 Å². The van der Waals surface area contributed by atoms with Crippen LogP contribution in [0.25, 0.3) is 0 Å². The van der Waals surface area contributed by atoms with Gasteiger partial charge in [0, 0.05) is 12.8 Å². The Morgan fingerprint density at radius 1 is 1.27 bits per heavy atom. The second-order valence-electron chi connectivity index (χ2n) is 4.02. The molecule has 80 valence electrons. The average Bonchev–Trinajstić information content (AvgIpc) is 2.30. The lowest BCUT2D eigenvalue weighted by molar-refractivity contribution is -0.333. The van der Waals surface area contributed by atoms with Crippen LogP contribution in [0.15, 0.2) is 30.3 Å². The lowest BCUT2D eigenvalue weighted by atomic mass is 9.79. The number of Topliss-reactive ketones (excluding diaryl/α,β-unsaturated/α-hetero) is 1. The van der Waals surface area contributed by atoms with Gasteiger partial charge in [0.25, 0.3) is 0 Å². The van der Waals surface area contributed by atoms with Crippen LogP contribution in [0, 0.1) is 0 Å². The lowest BCUT2D eigenvalue weighted by Crippen LogP contribution is -2.35. The molecule has 1 aromatic rings. The van der Waals surface area contributed by atoms with E-state index in [2.05, 4.69) is 4.89 Å². The highest BCUT2D eigenvalue weighted by Crippen LogP contribution is 2.38. The van der Waals surface area contributed by atoms with Gasteiger partial charge in [0.2, 0.25) is 0 Å². The monoisotopic (exact) mass is 206 g/mol. The highest BCUT2D eigenvalue weighted by atomic mass is 17.1. The van der Waals surface area contributed by atoms with Crippen LogP contribution in [-0.2, 0) is 15.3 Å². The first kappa shape index (κ1) is 10.3. The van der Waals surface area contributed by atoms with Crippen LogP contribution in [0.1, 0.15) is 31.2 Å². The maximum atomic E-state index is 11.4. The quantitative estimate of drug-likeness (QED) is 0.597. The molecular formula is C12H14O3. The van der Waals surface area contributed by atoms with Crippen molar-refractivity contribution >= 4 is 5.78 Å². The highest BCUT2D eigenvalue weighted by molar-refractivity contribution is 5.80. The Labute approximate surface area is 88.6 Å². The van der Waals surface area contributed by atoms with Crippen molar-refractivity contribution in [3.8, 4) is 0 Å². The summed E-state index contributed by atoms with van der Waals surface area (Å²) in [4.78, 5) is 16.0. The van der Waals surface area contributed by atoms with Crippen molar-refractivity contribution in [2.45, 2.75) is 31.3 Å². The van der Waals surface area contributed by atoms with E-state index in [9.17, 15) is 4.79 Å². The van der Waals surface area contributed by atoms with E-state index in [1.807, 2.05) is 30.3 Å².